The number of hydrogen-bond donors (Lipinski definition) is 1. The first-order valence-corrected chi connectivity index (χ1v) is 9.82. The molecule has 0 spiro atoms. The van der Waals surface area contributed by atoms with E-state index in [4.69, 9.17) is 26.4 Å². The molecule has 30 heavy (non-hydrogen) atoms. The van der Waals surface area contributed by atoms with Crippen LogP contribution in [0.25, 0.3) is 11.4 Å². The minimum atomic E-state index is 0.0723. The average Bonchev–Trinajstić information content (AvgIpc) is 3.11. The summed E-state index contributed by atoms with van der Waals surface area (Å²) in [6.07, 6.45) is 1.63. The van der Waals surface area contributed by atoms with Crippen LogP contribution >= 0.6 is 12.2 Å². The van der Waals surface area contributed by atoms with Gasteiger partial charge in [-0.1, -0.05) is 45.0 Å². The molecule has 0 bridgehead atoms. The van der Waals surface area contributed by atoms with E-state index in [9.17, 15) is 0 Å². The molecule has 8 heteroatoms. The zero-order valence-corrected chi connectivity index (χ0v) is 18.8. The molecule has 0 saturated heterocycles. The van der Waals surface area contributed by atoms with E-state index >= 15 is 0 Å². The summed E-state index contributed by atoms with van der Waals surface area (Å²) in [5.41, 5.74) is 2.88. The molecule has 1 aromatic heterocycles. The maximum Gasteiger partial charge on any atom is 0.216 e. The third-order valence-electron chi connectivity index (χ3n) is 4.72. The molecule has 2 aromatic carbocycles. The Kier molecular flexibility index (Phi) is 6.26. The van der Waals surface area contributed by atoms with Crippen LogP contribution in [-0.4, -0.2) is 42.4 Å². The highest BCUT2D eigenvalue weighted by Crippen LogP contribution is 2.33. The molecule has 0 atom stereocenters. The van der Waals surface area contributed by atoms with Crippen molar-refractivity contribution in [3.05, 3.63) is 52.3 Å². The Hall–Kier alpha value is -3.13. The molecule has 0 aliphatic rings. The fourth-order valence-corrected chi connectivity index (χ4v) is 3.16. The highest BCUT2D eigenvalue weighted by molar-refractivity contribution is 7.71. The van der Waals surface area contributed by atoms with Crippen molar-refractivity contribution in [2.24, 2.45) is 5.10 Å². The third kappa shape index (κ3) is 4.38. The number of nitrogens with one attached hydrogen (secondary N) is 1. The summed E-state index contributed by atoms with van der Waals surface area (Å²) in [6.45, 7) is 6.54. The number of methoxy groups -OCH3 is 3. The van der Waals surface area contributed by atoms with Gasteiger partial charge in [0, 0.05) is 17.7 Å². The molecule has 1 N–H and O–H groups in total. The van der Waals surface area contributed by atoms with Gasteiger partial charge in [0.15, 0.2) is 5.82 Å². The van der Waals surface area contributed by atoms with Gasteiger partial charge in [-0.3, -0.25) is 0 Å². The van der Waals surface area contributed by atoms with Crippen molar-refractivity contribution in [3.8, 4) is 28.6 Å². The second-order valence-corrected chi connectivity index (χ2v) is 8.07. The van der Waals surface area contributed by atoms with Crippen molar-refractivity contribution in [3.63, 3.8) is 0 Å². The van der Waals surface area contributed by atoms with Gasteiger partial charge in [-0.25, -0.2) is 5.10 Å². The molecule has 7 nitrogen and oxygen atoms in total. The highest BCUT2D eigenvalue weighted by Gasteiger charge is 2.16. The topological polar surface area (TPSA) is 73.7 Å². The Bertz CT molecular complexity index is 1080. The molecule has 3 rings (SSSR count). The molecule has 158 valence electrons. The Morgan fingerprint density at radius 1 is 1.00 bits per heavy atom. The minimum Gasteiger partial charge on any atom is -0.496 e. The first-order chi connectivity index (χ1) is 14.3. The summed E-state index contributed by atoms with van der Waals surface area (Å²) in [5.74, 6) is 2.38. The van der Waals surface area contributed by atoms with Crippen LogP contribution in [-0.2, 0) is 5.41 Å². The van der Waals surface area contributed by atoms with Crippen LogP contribution < -0.4 is 14.2 Å². The van der Waals surface area contributed by atoms with Gasteiger partial charge in [-0.05, 0) is 23.2 Å². The fraction of sp³-hybridized carbons (Fsp3) is 0.318. The lowest BCUT2D eigenvalue weighted by Crippen LogP contribution is -2.10. The van der Waals surface area contributed by atoms with Crippen molar-refractivity contribution in [1.82, 2.24) is 14.9 Å². The quantitative estimate of drug-likeness (QED) is 0.452. The van der Waals surface area contributed by atoms with Gasteiger partial charge in [-0.2, -0.15) is 14.9 Å². The standard InChI is InChI=1S/C22H26N4O3S/c1-22(2,3)15-9-7-14(8-10-15)20-24-25-21(30)26(20)23-13-17-18(28-5)11-16(27-4)12-19(17)29-6/h7-13H,1-6H3,(H,25,30)/b23-13-. The molecule has 0 aliphatic carbocycles. The second kappa shape index (κ2) is 8.71. The van der Waals surface area contributed by atoms with Crippen molar-refractivity contribution in [2.45, 2.75) is 26.2 Å². The number of aromatic amines is 1. The lowest BCUT2D eigenvalue weighted by Gasteiger charge is -2.18. The molecule has 0 unspecified atom stereocenters. The van der Waals surface area contributed by atoms with Crippen LogP contribution in [0.1, 0.15) is 31.9 Å². The summed E-state index contributed by atoms with van der Waals surface area (Å²) in [5, 5.41) is 11.7. The van der Waals surface area contributed by atoms with Gasteiger partial charge < -0.3 is 14.2 Å². The number of nitrogens with zero attached hydrogens (tertiary/aromatic N) is 3. The van der Waals surface area contributed by atoms with Crippen LogP contribution in [0.15, 0.2) is 41.5 Å². The molecular weight excluding hydrogens is 400 g/mol. The van der Waals surface area contributed by atoms with E-state index in [0.29, 0.717) is 33.4 Å². The maximum absolute atomic E-state index is 5.48. The molecule has 0 aliphatic heterocycles. The molecule has 0 fully saturated rings. The Balaban J connectivity index is 2.03. The van der Waals surface area contributed by atoms with Crippen molar-refractivity contribution in [2.75, 3.05) is 21.3 Å². The monoisotopic (exact) mass is 426 g/mol. The number of rotatable bonds is 6. The zero-order chi connectivity index (χ0) is 21.9. The average molecular weight is 427 g/mol. The lowest BCUT2D eigenvalue weighted by atomic mass is 9.87. The lowest BCUT2D eigenvalue weighted by molar-refractivity contribution is 0.374. The van der Waals surface area contributed by atoms with Crippen molar-refractivity contribution < 1.29 is 14.2 Å². The molecule has 0 amide bonds. The van der Waals surface area contributed by atoms with Crippen LogP contribution in [0.4, 0.5) is 0 Å². The fourth-order valence-electron chi connectivity index (χ4n) is 2.98. The highest BCUT2D eigenvalue weighted by atomic mass is 32.1. The van der Waals surface area contributed by atoms with E-state index in [-0.39, 0.29) is 5.41 Å². The van der Waals surface area contributed by atoms with Gasteiger partial charge in [-0.15, -0.1) is 0 Å². The van der Waals surface area contributed by atoms with Crippen molar-refractivity contribution >= 4 is 18.4 Å². The largest absolute Gasteiger partial charge is 0.496 e. The molecule has 3 aromatic rings. The summed E-state index contributed by atoms with van der Waals surface area (Å²) in [4.78, 5) is 0. The maximum atomic E-state index is 5.48. The molecule has 0 radical (unpaired) electrons. The number of H-pyrrole nitrogens is 1. The second-order valence-electron chi connectivity index (χ2n) is 7.68. The number of aromatic nitrogens is 3. The first kappa shape index (κ1) is 21.6. The van der Waals surface area contributed by atoms with Crippen LogP contribution in [0.5, 0.6) is 17.2 Å². The van der Waals surface area contributed by atoms with E-state index in [2.05, 4.69) is 48.2 Å². The Morgan fingerprint density at radius 2 is 1.60 bits per heavy atom. The van der Waals surface area contributed by atoms with Crippen LogP contribution in [0, 0.1) is 4.77 Å². The van der Waals surface area contributed by atoms with E-state index in [1.54, 1.807) is 44.4 Å². The minimum absolute atomic E-state index is 0.0723. The van der Waals surface area contributed by atoms with E-state index < -0.39 is 0 Å². The number of benzene rings is 2. The van der Waals surface area contributed by atoms with Gasteiger partial charge in [0.05, 0.1) is 33.1 Å². The van der Waals surface area contributed by atoms with E-state index in [1.165, 1.54) is 5.56 Å². The molecule has 1 heterocycles. The van der Waals surface area contributed by atoms with Crippen molar-refractivity contribution in [1.29, 1.82) is 0 Å². The molecule has 0 saturated carbocycles. The summed E-state index contributed by atoms with van der Waals surface area (Å²) in [7, 11) is 4.75. The summed E-state index contributed by atoms with van der Waals surface area (Å²) in [6, 6.07) is 11.8. The normalized spacial score (nSPS) is 11.7. The zero-order valence-electron chi connectivity index (χ0n) is 18.0. The van der Waals surface area contributed by atoms with Gasteiger partial charge in [0.2, 0.25) is 4.77 Å². The summed E-state index contributed by atoms with van der Waals surface area (Å²) < 4.78 is 18.2. The van der Waals surface area contributed by atoms with Crippen LogP contribution in [0.2, 0.25) is 0 Å². The van der Waals surface area contributed by atoms with Crippen LogP contribution in [0.3, 0.4) is 0 Å². The van der Waals surface area contributed by atoms with Gasteiger partial charge in [0.25, 0.3) is 0 Å². The van der Waals surface area contributed by atoms with E-state index in [1.807, 2.05) is 12.1 Å². The van der Waals surface area contributed by atoms with Gasteiger partial charge >= 0.3 is 0 Å². The number of ether oxygens (including phenoxy) is 3. The van der Waals surface area contributed by atoms with Gasteiger partial charge in [0.1, 0.15) is 17.2 Å². The smallest absolute Gasteiger partial charge is 0.216 e. The SMILES string of the molecule is COc1cc(OC)c(/C=N\n2c(-c3ccc(C(C)(C)C)cc3)n[nH]c2=S)c(OC)c1. The summed E-state index contributed by atoms with van der Waals surface area (Å²) >= 11 is 5.38. The Labute approximate surface area is 181 Å². The third-order valence-corrected chi connectivity index (χ3v) is 4.98. The predicted octanol–water partition coefficient (Wildman–Crippen LogP) is 4.81. The van der Waals surface area contributed by atoms with E-state index in [0.717, 1.165) is 5.56 Å². The molecular formula is C22H26N4O3S. The Morgan fingerprint density at radius 3 is 2.10 bits per heavy atom. The first-order valence-electron chi connectivity index (χ1n) is 9.41. The predicted molar refractivity (Wildman–Crippen MR) is 121 cm³/mol. The number of hydrogen-bond acceptors (Lipinski definition) is 6.